The molecule has 1 aromatic heterocycles. The van der Waals surface area contributed by atoms with Crippen molar-refractivity contribution in [1.29, 1.82) is 0 Å². The average molecular weight is 318 g/mol. The van der Waals surface area contributed by atoms with Crippen LogP contribution in [0.25, 0.3) is 0 Å². The summed E-state index contributed by atoms with van der Waals surface area (Å²) in [6, 6.07) is 13.8. The number of ether oxygens (including phenoxy) is 1. The van der Waals surface area contributed by atoms with Crippen molar-refractivity contribution in [1.82, 2.24) is 9.55 Å². The number of aromatic nitrogens is 2. The van der Waals surface area contributed by atoms with Crippen LogP contribution in [0.2, 0.25) is 0 Å². The minimum atomic E-state index is 0.182. The zero-order valence-corrected chi connectivity index (χ0v) is 13.3. The van der Waals surface area contributed by atoms with Crippen molar-refractivity contribution < 1.29 is 9.53 Å². The molecule has 0 aliphatic heterocycles. The Morgan fingerprint density at radius 3 is 2.92 bits per heavy atom. The van der Waals surface area contributed by atoms with Gasteiger partial charge in [0.25, 0.3) is 0 Å². The fourth-order valence-electron chi connectivity index (χ4n) is 3.18. The van der Waals surface area contributed by atoms with Gasteiger partial charge in [0.05, 0.1) is 11.9 Å². The summed E-state index contributed by atoms with van der Waals surface area (Å²) >= 11 is 0. The molecule has 0 unspecified atom stereocenters. The summed E-state index contributed by atoms with van der Waals surface area (Å²) in [5.41, 5.74) is 2.98. The Hall–Kier alpha value is -2.88. The quantitative estimate of drug-likeness (QED) is 0.722. The van der Waals surface area contributed by atoms with Crippen LogP contribution in [0.3, 0.4) is 0 Å². The van der Waals surface area contributed by atoms with Crippen LogP contribution in [-0.4, -0.2) is 15.3 Å². The van der Waals surface area contributed by atoms with Crippen LogP contribution >= 0.6 is 0 Å². The molecule has 0 saturated heterocycles. The number of aryl methyl sites for hydroxylation is 1. The van der Waals surface area contributed by atoms with Crippen LogP contribution in [0.1, 0.15) is 34.3 Å². The molecule has 0 N–H and O–H groups in total. The Bertz CT molecular complexity index is 869. The number of Topliss-reactive ketones (excluding diaryl/α,β-unsaturated/α-hetero) is 1. The Kier molecular flexibility index (Phi) is 3.87. The van der Waals surface area contributed by atoms with Gasteiger partial charge in [0.2, 0.25) is 0 Å². The van der Waals surface area contributed by atoms with E-state index in [1.165, 1.54) is 0 Å². The van der Waals surface area contributed by atoms with E-state index in [4.69, 9.17) is 4.74 Å². The van der Waals surface area contributed by atoms with Crippen LogP contribution in [0, 0.1) is 0 Å². The fourth-order valence-corrected chi connectivity index (χ4v) is 3.18. The van der Waals surface area contributed by atoms with Gasteiger partial charge in [0.15, 0.2) is 5.78 Å². The smallest absolute Gasteiger partial charge is 0.166 e. The number of carbonyl (C=O) groups excluding carboxylic acids is 1. The van der Waals surface area contributed by atoms with Crippen molar-refractivity contribution in [3.8, 4) is 11.5 Å². The second-order valence-electron chi connectivity index (χ2n) is 6.05. The van der Waals surface area contributed by atoms with E-state index in [1.807, 2.05) is 47.2 Å². The third-order valence-corrected chi connectivity index (χ3v) is 4.29. The van der Waals surface area contributed by atoms with Gasteiger partial charge in [0.1, 0.15) is 11.5 Å². The molecule has 0 bridgehead atoms. The number of carbonyl (C=O) groups is 1. The van der Waals surface area contributed by atoms with Crippen molar-refractivity contribution >= 4 is 5.78 Å². The van der Waals surface area contributed by atoms with Crippen molar-refractivity contribution in [2.45, 2.75) is 25.8 Å². The lowest BCUT2D eigenvalue weighted by Gasteiger charge is -2.18. The van der Waals surface area contributed by atoms with Crippen molar-refractivity contribution in [3.63, 3.8) is 0 Å². The summed E-state index contributed by atoms with van der Waals surface area (Å²) < 4.78 is 8.07. The highest BCUT2D eigenvalue weighted by Crippen LogP contribution is 2.32. The number of hydrogen-bond donors (Lipinski definition) is 0. The Morgan fingerprint density at radius 2 is 2.04 bits per heavy atom. The molecule has 24 heavy (non-hydrogen) atoms. The summed E-state index contributed by atoms with van der Waals surface area (Å²) in [5.74, 6) is 1.60. The summed E-state index contributed by atoms with van der Waals surface area (Å²) in [6.45, 7) is 0.739. The summed E-state index contributed by atoms with van der Waals surface area (Å²) in [6.07, 6.45) is 7.96. The van der Waals surface area contributed by atoms with E-state index in [1.54, 1.807) is 12.5 Å². The zero-order valence-electron chi connectivity index (χ0n) is 13.3. The minimum absolute atomic E-state index is 0.182. The van der Waals surface area contributed by atoms with Crippen LogP contribution in [-0.2, 0) is 13.0 Å². The van der Waals surface area contributed by atoms with Gasteiger partial charge in [-0.1, -0.05) is 24.3 Å². The first kappa shape index (κ1) is 14.7. The lowest BCUT2D eigenvalue weighted by Crippen LogP contribution is -2.12. The van der Waals surface area contributed by atoms with Crippen molar-refractivity contribution in [2.24, 2.45) is 0 Å². The van der Waals surface area contributed by atoms with E-state index >= 15 is 0 Å². The second kappa shape index (κ2) is 6.32. The van der Waals surface area contributed by atoms with Gasteiger partial charge in [0, 0.05) is 25.4 Å². The SMILES string of the molecule is O=C1CCCc2cccc(Oc3cccc(Cn4ccnc4)c3)c21. The van der Waals surface area contributed by atoms with E-state index in [0.717, 1.165) is 41.8 Å². The summed E-state index contributed by atoms with van der Waals surface area (Å²) in [5, 5.41) is 0. The summed E-state index contributed by atoms with van der Waals surface area (Å²) in [4.78, 5) is 16.3. The highest BCUT2D eigenvalue weighted by molar-refractivity contribution is 6.01. The van der Waals surface area contributed by atoms with Gasteiger partial charge in [-0.05, 0) is 42.2 Å². The van der Waals surface area contributed by atoms with Gasteiger partial charge in [-0.15, -0.1) is 0 Å². The molecule has 4 rings (SSSR count). The van der Waals surface area contributed by atoms with E-state index in [2.05, 4.69) is 11.1 Å². The Labute approximate surface area is 140 Å². The normalized spacial score (nSPS) is 13.6. The topological polar surface area (TPSA) is 44.1 Å². The fraction of sp³-hybridized carbons (Fsp3) is 0.200. The standard InChI is InChI=1S/C20H18N2O2/c23-18-8-2-5-16-6-3-9-19(20(16)18)24-17-7-1-4-15(12-17)13-22-11-10-21-14-22/h1,3-4,6-7,9-12,14H,2,5,8,13H2. The lowest BCUT2D eigenvalue weighted by atomic mass is 9.90. The number of nitrogens with zero attached hydrogens (tertiary/aromatic N) is 2. The minimum Gasteiger partial charge on any atom is -0.457 e. The molecule has 3 aromatic rings. The van der Waals surface area contributed by atoms with E-state index in [9.17, 15) is 4.79 Å². The molecular formula is C20H18N2O2. The van der Waals surface area contributed by atoms with E-state index in [-0.39, 0.29) is 5.78 Å². The monoisotopic (exact) mass is 318 g/mol. The first-order valence-corrected chi connectivity index (χ1v) is 8.17. The van der Waals surface area contributed by atoms with E-state index in [0.29, 0.717) is 12.2 Å². The number of benzene rings is 2. The molecule has 4 heteroatoms. The third kappa shape index (κ3) is 2.95. The van der Waals surface area contributed by atoms with Gasteiger partial charge >= 0.3 is 0 Å². The highest BCUT2D eigenvalue weighted by Gasteiger charge is 2.21. The molecule has 120 valence electrons. The molecule has 0 atom stereocenters. The number of rotatable bonds is 4. The molecule has 0 amide bonds. The lowest BCUT2D eigenvalue weighted by molar-refractivity contribution is 0.0970. The Balaban J connectivity index is 1.61. The van der Waals surface area contributed by atoms with Crippen LogP contribution in [0.4, 0.5) is 0 Å². The molecule has 1 aliphatic rings. The maximum absolute atomic E-state index is 12.3. The molecule has 2 aromatic carbocycles. The molecular weight excluding hydrogens is 300 g/mol. The summed E-state index contributed by atoms with van der Waals surface area (Å²) in [7, 11) is 0. The van der Waals surface area contributed by atoms with Crippen molar-refractivity contribution in [2.75, 3.05) is 0 Å². The molecule has 0 radical (unpaired) electrons. The van der Waals surface area contributed by atoms with Gasteiger partial charge in [-0.2, -0.15) is 0 Å². The molecule has 0 spiro atoms. The first-order valence-electron chi connectivity index (χ1n) is 8.17. The largest absolute Gasteiger partial charge is 0.457 e. The van der Waals surface area contributed by atoms with E-state index < -0.39 is 0 Å². The van der Waals surface area contributed by atoms with Gasteiger partial charge in [-0.3, -0.25) is 4.79 Å². The zero-order chi connectivity index (χ0) is 16.4. The van der Waals surface area contributed by atoms with Gasteiger partial charge < -0.3 is 9.30 Å². The number of imidazole rings is 1. The average Bonchev–Trinajstić information content (AvgIpc) is 3.08. The second-order valence-corrected chi connectivity index (χ2v) is 6.05. The molecule has 1 heterocycles. The van der Waals surface area contributed by atoms with Crippen molar-refractivity contribution in [3.05, 3.63) is 77.9 Å². The maximum Gasteiger partial charge on any atom is 0.166 e. The van der Waals surface area contributed by atoms with Crippen LogP contribution in [0.15, 0.2) is 61.2 Å². The van der Waals surface area contributed by atoms with Crippen LogP contribution in [0.5, 0.6) is 11.5 Å². The number of hydrogen-bond acceptors (Lipinski definition) is 3. The first-order chi connectivity index (χ1) is 11.8. The molecule has 1 aliphatic carbocycles. The van der Waals surface area contributed by atoms with Gasteiger partial charge in [-0.25, -0.2) is 4.98 Å². The number of fused-ring (bicyclic) bond motifs is 1. The third-order valence-electron chi connectivity index (χ3n) is 4.29. The maximum atomic E-state index is 12.3. The number of ketones is 1. The molecule has 0 saturated carbocycles. The Morgan fingerprint density at radius 1 is 1.12 bits per heavy atom. The molecule has 4 nitrogen and oxygen atoms in total. The van der Waals surface area contributed by atoms with Crippen LogP contribution < -0.4 is 4.74 Å². The molecule has 0 fully saturated rings. The highest BCUT2D eigenvalue weighted by atomic mass is 16.5. The predicted octanol–water partition coefficient (Wildman–Crippen LogP) is 4.24. The predicted molar refractivity (Wildman–Crippen MR) is 91.6 cm³/mol.